The van der Waals surface area contributed by atoms with Gasteiger partial charge in [-0.15, -0.1) is 0 Å². The lowest BCUT2D eigenvalue weighted by Gasteiger charge is -2.11. The van der Waals surface area contributed by atoms with Crippen molar-refractivity contribution in [1.29, 1.82) is 0 Å². The molecule has 1 heterocycles. The third-order valence-electron chi connectivity index (χ3n) is 3.60. The van der Waals surface area contributed by atoms with Crippen LogP contribution in [-0.2, 0) is 20.3 Å². The third-order valence-corrected chi connectivity index (χ3v) is 5.28. The first-order chi connectivity index (χ1) is 11.8. The minimum Gasteiger partial charge on any atom is -0.490 e. The van der Waals surface area contributed by atoms with Gasteiger partial charge in [0.25, 0.3) is 5.69 Å². The molecule has 0 N–H and O–H groups in total. The SMILES string of the molecule is O=[N+]([O-])c1ccc(OCC2CO2)c(CS(=O)(=O)c2ccc(F)cc2)c1. The Hall–Kier alpha value is -2.52. The van der Waals surface area contributed by atoms with Gasteiger partial charge in [-0.3, -0.25) is 10.1 Å². The molecule has 1 fully saturated rings. The zero-order chi connectivity index (χ0) is 18.0. The molecule has 0 radical (unpaired) electrons. The number of nitro benzene ring substituents is 1. The maximum atomic E-state index is 13.0. The summed E-state index contributed by atoms with van der Waals surface area (Å²) in [5, 5.41) is 11.0. The maximum Gasteiger partial charge on any atom is 0.270 e. The second kappa shape index (κ2) is 6.77. The van der Waals surface area contributed by atoms with Crippen LogP contribution < -0.4 is 4.74 Å². The number of ether oxygens (including phenoxy) is 2. The lowest BCUT2D eigenvalue weighted by Crippen LogP contribution is -2.10. The van der Waals surface area contributed by atoms with E-state index in [2.05, 4.69) is 0 Å². The minimum atomic E-state index is -3.82. The Morgan fingerprint density at radius 3 is 2.52 bits per heavy atom. The number of hydrogen-bond donors (Lipinski definition) is 0. The van der Waals surface area contributed by atoms with Crippen LogP contribution >= 0.6 is 0 Å². The normalized spacial score (nSPS) is 16.4. The van der Waals surface area contributed by atoms with Gasteiger partial charge in [0.05, 0.1) is 22.2 Å². The lowest BCUT2D eigenvalue weighted by molar-refractivity contribution is -0.384. The Labute approximate surface area is 143 Å². The van der Waals surface area contributed by atoms with Crippen LogP contribution in [0.5, 0.6) is 5.75 Å². The molecule has 2 aromatic carbocycles. The number of nitro groups is 1. The number of epoxide rings is 1. The summed E-state index contributed by atoms with van der Waals surface area (Å²) in [7, 11) is -3.82. The molecule has 2 aromatic rings. The summed E-state index contributed by atoms with van der Waals surface area (Å²) in [6.45, 7) is 0.803. The summed E-state index contributed by atoms with van der Waals surface area (Å²) in [4.78, 5) is 10.3. The van der Waals surface area contributed by atoms with Gasteiger partial charge in [0.15, 0.2) is 9.84 Å². The number of halogens is 1. The van der Waals surface area contributed by atoms with Crippen LogP contribution in [0.25, 0.3) is 0 Å². The standard InChI is InChI=1S/C16H14FNO6S/c17-12-1-4-15(5-2-12)25(21,22)10-11-7-13(18(19)20)3-6-16(11)24-9-14-8-23-14/h1-7,14H,8-10H2. The maximum absolute atomic E-state index is 13.0. The average Bonchev–Trinajstić information content (AvgIpc) is 3.38. The molecule has 1 saturated heterocycles. The van der Waals surface area contributed by atoms with Gasteiger partial charge in [-0.1, -0.05) is 0 Å². The van der Waals surface area contributed by atoms with Crippen molar-refractivity contribution in [3.05, 3.63) is 64.0 Å². The first kappa shape index (κ1) is 17.3. The fourth-order valence-electron chi connectivity index (χ4n) is 2.21. The second-order valence-corrected chi connectivity index (χ2v) is 7.52. The Balaban J connectivity index is 1.90. The number of hydrogen-bond acceptors (Lipinski definition) is 6. The van der Waals surface area contributed by atoms with Crippen molar-refractivity contribution in [2.24, 2.45) is 0 Å². The number of rotatable bonds is 7. The van der Waals surface area contributed by atoms with Crippen LogP contribution in [-0.4, -0.2) is 32.7 Å². The molecule has 1 aliphatic rings. The van der Waals surface area contributed by atoms with Crippen molar-refractivity contribution < 1.29 is 27.2 Å². The molecular weight excluding hydrogens is 353 g/mol. The fourth-order valence-corrected chi connectivity index (χ4v) is 3.56. The molecule has 1 unspecified atom stereocenters. The molecule has 1 atom stereocenters. The van der Waals surface area contributed by atoms with Crippen LogP contribution in [0.1, 0.15) is 5.56 Å². The van der Waals surface area contributed by atoms with Crippen molar-refractivity contribution in [2.75, 3.05) is 13.2 Å². The molecule has 7 nitrogen and oxygen atoms in total. The van der Waals surface area contributed by atoms with Gasteiger partial charge in [0, 0.05) is 17.7 Å². The van der Waals surface area contributed by atoms with E-state index in [1.807, 2.05) is 0 Å². The molecule has 0 saturated carbocycles. The van der Waals surface area contributed by atoms with E-state index in [9.17, 15) is 22.9 Å². The Morgan fingerprint density at radius 1 is 1.24 bits per heavy atom. The third kappa shape index (κ3) is 4.31. The molecule has 1 aliphatic heterocycles. The van der Waals surface area contributed by atoms with E-state index in [1.54, 1.807) is 0 Å². The fraction of sp³-hybridized carbons (Fsp3) is 0.250. The molecule has 0 aliphatic carbocycles. The van der Waals surface area contributed by atoms with Gasteiger partial charge in [-0.2, -0.15) is 0 Å². The van der Waals surface area contributed by atoms with Crippen LogP contribution in [0.4, 0.5) is 10.1 Å². The zero-order valence-corrected chi connectivity index (χ0v) is 13.7. The highest BCUT2D eigenvalue weighted by atomic mass is 32.2. The molecule has 0 aromatic heterocycles. The molecule has 0 spiro atoms. The smallest absolute Gasteiger partial charge is 0.270 e. The van der Waals surface area contributed by atoms with E-state index >= 15 is 0 Å². The van der Waals surface area contributed by atoms with Gasteiger partial charge in [0.2, 0.25) is 0 Å². The number of sulfone groups is 1. The van der Waals surface area contributed by atoms with E-state index < -0.39 is 26.3 Å². The Morgan fingerprint density at radius 2 is 1.92 bits per heavy atom. The first-order valence-electron chi connectivity index (χ1n) is 7.35. The van der Waals surface area contributed by atoms with Gasteiger partial charge in [-0.05, 0) is 30.3 Å². The van der Waals surface area contributed by atoms with Gasteiger partial charge in [0.1, 0.15) is 24.3 Å². The van der Waals surface area contributed by atoms with Gasteiger partial charge in [-0.25, -0.2) is 12.8 Å². The van der Waals surface area contributed by atoms with Crippen LogP contribution in [0.3, 0.4) is 0 Å². The van der Waals surface area contributed by atoms with Crippen molar-refractivity contribution >= 4 is 15.5 Å². The monoisotopic (exact) mass is 367 g/mol. The molecule has 132 valence electrons. The Kier molecular flexibility index (Phi) is 4.69. The van der Waals surface area contributed by atoms with Crippen molar-refractivity contribution in [3.63, 3.8) is 0 Å². The minimum absolute atomic E-state index is 0.0447. The lowest BCUT2D eigenvalue weighted by atomic mass is 10.2. The number of nitrogens with zero attached hydrogens (tertiary/aromatic N) is 1. The number of benzene rings is 2. The second-order valence-electron chi connectivity index (χ2n) is 5.53. The van der Waals surface area contributed by atoms with E-state index in [-0.39, 0.29) is 34.6 Å². The van der Waals surface area contributed by atoms with E-state index in [1.165, 1.54) is 18.2 Å². The van der Waals surface area contributed by atoms with Crippen LogP contribution in [0.15, 0.2) is 47.4 Å². The highest BCUT2D eigenvalue weighted by molar-refractivity contribution is 7.90. The predicted octanol–water partition coefficient (Wildman–Crippen LogP) is 2.49. The zero-order valence-electron chi connectivity index (χ0n) is 12.9. The summed E-state index contributed by atoms with van der Waals surface area (Å²) in [6, 6.07) is 8.18. The molecule has 0 amide bonds. The average molecular weight is 367 g/mol. The van der Waals surface area contributed by atoms with E-state index in [0.29, 0.717) is 6.61 Å². The van der Waals surface area contributed by atoms with Crippen molar-refractivity contribution in [1.82, 2.24) is 0 Å². The highest BCUT2D eigenvalue weighted by Gasteiger charge is 2.25. The summed E-state index contributed by atoms with van der Waals surface area (Å²) in [5.74, 6) is -0.809. The van der Waals surface area contributed by atoms with Gasteiger partial charge < -0.3 is 9.47 Å². The largest absolute Gasteiger partial charge is 0.490 e. The van der Waals surface area contributed by atoms with Crippen LogP contribution in [0, 0.1) is 15.9 Å². The molecule has 25 heavy (non-hydrogen) atoms. The quantitative estimate of drug-likeness (QED) is 0.323. The highest BCUT2D eigenvalue weighted by Crippen LogP contribution is 2.29. The van der Waals surface area contributed by atoms with E-state index in [0.717, 1.165) is 24.3 Å². The summed E-state index contributed by atoms with van der Waals surface area (Å²) in [5.41, 5.74) is -0.0708. The molecule has 9 heteroatoms. The van der Waals surface area contributed by atoms with Crippen molar-refractivity contribution in [2.45, 2.75) is 16.8 Å². The van der Waals surface area contributed by atoms with Gasteiger partial charge >= 0.3 is 0 Å². The predicted molar refractivity (Wildman–Crippen MR) is 85.6 cm³/mol. The van der Waals surface area contributed by atoms with Crippen LogP contribution in [0.2, 0.25) is 0 Å². The summed E-state index contributed by atoms with van der Waals surface area (Å²) in [6.07, 6.45) is -0.0447. The summed E-state index contributed by atoms with van der Waals surface area (Å²) >= 11 is 0. The Bertz CT molecular complexity index is 893. The van der Waals surface area contributed by atoms with E-state index in [4.69, 9.17) is 9.47 Å². The topological polar surface area (TPSA) is 99.0 Å². The van der Waals surface area contributed by atoms with Crippen molar-refractivity contribution in [3.8, 4) is 5.75 Å². The molecular formula is C16H14FNO6S. The molecule has 3 rings (SSSR count). The first-order valence-corrected chi connectivity index (χ1v) is 9.00. The number of non-ortho nitro benzene ring substituents is 1. The molecule has 0 bridgehead atoms. The summed E-state index contributed by atoms with van der Waals surface area (Å²) < 4.78 is 48.6.